The fraction of sp³-hybridized carbons (Fsp3) is 1.00. The molecule has 1 saturated heterocycles. The quantitative estimate of drug-likeness (QED) is 0.741. The molecule has 0 spiro atoms. The van der Waals surface area contributed by atoms with Gasteiger partial charge in [-0.2, -0.15) is 0 Å². The molecule has 0 unspecified atom stereocenters. The summed E-state index contributed by atoms with van der Waals surface area (Å²) in [6.07, 6.45) is 4.30. The molecule has 1 heterocycles. The van der Waals surface area contributed by atoms with Crippen molar-refractivity contribution in [3.63, 3.8) is 0 Å². The molecule has 0 aromatic rings. The lowest BCUT2D eigenvalue weighted by Crippen LogP contribution is -2.29. The van der Waals surface area contributed by atoms with Crippen LogP contribution in [0.5, 0.6) is 0 Å². The molecule has 1 N–H and O–H groups in total. The van der Waals surface area contributed by atoms with E-state index in [1.807, 2.05) is 20.8 Å². The van der Waals surface area contributed by atoms with Crippen LogP contribution in [0.15, 0.2) is 0 Å². The van der Waals surface area contributed by atoms with Crippen molar-refractivity contribution in [2.45, 2.75) is 64.3 Å². The van der Waals surface area contributed by atoms with Gasteiger partial charge in [-0.25, -0.2) is 0 Å². The highest BCUT2D eigenvalue weighted by Crippen LogP contribution is 2.28. The maximum atomic E-state index is 10.1. The van der Waals surface area contributed by atoms with Crippen LogP contribution in [0.4, 0.5) is 0 Å². The summed E-state index contributed by atoms with van der Waals surface area (Å²) in [5, 5.41) is 10.1. The summed E-state index contributed by atoms with van der Waals surface area (Å²) in [4.78, 5) is 0. The molecular weight excluding hydrogens is 192 g/mol. The molecule has 0 aromatic carbocycles. The molecule has 0 saturated carbocycles. The number of hydrogen-bond acceptors (Lipinski definition) is 3. The third-order valence-corrected chi connectivity index (χ3v) is 3.49. The number of ether oxygens (including phenoxy) is 2. The normalized spacial score (nSPS) is 20.8. The number of hydrogen-bond donors (Lipinski definition) is 1. The summed E-state index contributed by atoms with van der Waals surface area (Å²) in [5.74, 6) is -0.400. The molecule has 0 aromatic heterocycles. The van der Waals surface area contributed by atoms with Crippen LogP contribution in [-0.2, 0) is 9.47 Å². The first-order valence-corrected chi connectivity index (χ1v) is 6.04. The molecule has 0 aliphatic carbocycles. The van der Waals surface area contributed by atoms with E-state index in [0.29, 0.717) is 13.2 Å². The van der Waals surface area contributed by atoms with Crippen molar-refractivity contribution in [2.24, 2.45) is 0 Å². The molecule has 0 radical (unpaired) electrons. The Labute approximate surface area is 92.8 Å². The highest BCUT2D eigenvalue weighted by Gasteiger charge is 2.31. The molecule has 1 aliphatic heterocycles. The Kier molecular flexibility index (Phi) is 4.56. The van der Waals surface area contributed by atoms with Gasteiger partial charge in [0.2, 0.25) is 0 Å². The van der Waals surface area contributed by atoms with E-state index in [-0.39, 0.29) is 0 Å². The Morgan fingerprint density at radius 1 is 1.20 bits per heavy atom. The van der Waals surface area contributed by atoms with Gasteiger partial charge in [0.05, 0.1) is 18.8 Å². The van der Waals surface area contributed by atoms with Gasteiger partial charge in [-0.3, -0.25) is 0 Å². The zero-order chi connectivity index (χ0) is 11.4. The minimum atomic E-state index is -0.491. The molecule has 90 valence electrons. The molecule has 1 fully saturated rings. The van der Waals surface area contributed by atoms with Crippen LogP contribution in [0.25, 0.3) is 0 Å². The van der Waals surface area contributed by atoms with Crippen LogP contribution in [0.3, 0.4) is 0 Å². The molecule has 3 heteroatoms. The van der Waals surface area contributed by atoms with Gasteiger partial charge in [0.1, 0.15) is 0 Å². The van der Waals surface area contributed by atoms with E-state index in [1.165, 1.54) is 0 Å². The van der Waals surface area contributed by atoms with Gasteiger partial charge in [-0.15, -0.1) is 0 Å². The molecule has 0 bridgehead atoms. The SMILES string of the molecule is CCC(O)(CC)CCCC1(C)OCCO1. The second-order valence-corrected chi connectivity index (χ2v) is 4.62. The van der Waals surface area contributed by atoms with Gasteiger partial charge in [0, 0.05) is 6.42 Å². The van der Waals surface area contributed by atoms with Crippen molar-refractivity contribution in [3.05, 3.63) is 0 Å². The van der Waals surface area contributed by atoms with Crippen molar-refractivity contribution >= 4 is 0 Å². The summed E-state index contributed by atoms with van der Waals surface area (Å²) >= 11 is 0. The van der Waals surface area contributed by atoms with Gasteiger partial charge in [-0.1, -0.05) is 13.8 Å². The topological polar surface area (TPSA) is 38.7 Å². The fourth-order valence-electron chi connectivity index (χ4n) is 2.04. The van der Waals surface area contributed by atoms with Gasteiger partial charge in [-0.05, 0) is 32.6 Å². The molecule has 3 nitrogen and oxygen atoms in total. The van der Waals surface area contributed by atoms with Crippen molar-refractivity contribution in [2.75, 3.05) is 13.2 Å². The zero-order valence-electron chi connectivity index (χ0n) is 10.2. The zero-order valence-corrected chi connectivity index (χ0v) is 10.2. The Balaban J connectivity index is 2.25. The Morgan fingerprint density at radius 3 is 2.20 bits per heavy atom. The first kappa shape index (κ1) is 12.9. The van der Waals surface area contributed by atoms with E-state index in [9.17, 15) is 5.11 Å². The largest absolute Gasteiger partial charge is 0.390 e. The third-order valence-electron chi connectivity index (χ3n) is 3.49. The van der Waals surface area contributed by atoms with Crippen LogP contribution >= 0.6 is 0 Å². The van der Waals surface area contributed by atoms with Crippen molar-refractivity contribution in [1.29, 1.82) is 0 Å². The highest BCUT2D eigenvalue weighted by atomic mass is 16.7. The van der Waals surface area contributed by atoms with Crippen molar-refractivity contribution < 1.29 is 14.6 Å². The molecule has 1 rings (SSSR count). The number of aliphatic hydroxyl groups is 1. The van der Waals surface area contributed by atoms with Crippen LogP contribution < -0.4 is 0 Å². The minimum Gasteiger partial charge on any atom is -0.390 e. The standard InChI is InChI=1S/C12H24O3/c1-4-12(13,5-2)8-6-7-11(3)14-9-10-15-11/h13H,4-10H2,1-3H3. The van der Waals surface area contributed by atoms with E-state index in [4.69, 9.17) is 9.47 Å². The maximum Gasteiger partial charge on any atom is 0.165 e. The third kappa shape index (κ3) is 3.74. The predicted molar refractivity (Wildman–Crippen MR) is 59.7 cm³/mol. The van der Waals surface area contributed by atoms with Gasteiger partial charge in [0.25, 0.3) is 0 Å². The first-order valence-electron chi connectivity index (χ1n) is 6.04. The molecule has 1 aliphatic rings. The summed E-state index contributed by atoms with van der Waals surface area (Å²) in [7, 11) is 0. The number of rotatable bonds is 6. The van der Waals surface area contributed by atoms with E-state index < -0.39 is 11.4 Å². The monoisotopic (exact) mass is 216 g/mol. The minimum absolute atomic E-state index is 0.400. The summed E-state index contributed by atoms with van der Waals surface area (Å²) in [5.41, 5.74) is -0.491. The lowest BCUT2D eigenvalue weighted by molar-refractivity contribution is -0.149. The van der Waals surface area contributed by atoms with E-state index >= 15 is 0 Å². The lowest BCUT2D eigenvalue weighted by atomic mass is 9.90. The van der Waals surface area contributed by atoms with Gasteiger partial charge >= 0.3 is 0 Å². The van der Waals surface area contributed by atoms with E-state index in [1.54, 1.807) is 0 Å². The summed E-state index contributed by atoms with van der Waals surface area (Å²) in [6.45, 7) is 7.45. The highest BCUT2D eigenvalue weighted by molar-refractivity contribution is 4.77. The second kappa shape index (κ2) is 5.28. The van der Waals surface area contributed by atoms with Gasteiger partial charge < -0.3 is 14.6 Å². The fourth-order valence-corrected chi connectivity index (χ4v) is 2.04. The summed E-state index contributed by atoms with van der Waals surface area (Å²) in [6, 6.07) is 0. The van der Waals surface area contributed by atoms with E-state index in [0.717, 1.165) is 32.1 Å². The van der Waals surface area contributed by atoms with Crippen LogP contribution in [0.1, 0.15) is 52.9 Å². The average Bonchev–Trinajstić information content (AvgIpc) is 2.65. The molecular formula is C12H24O3. The lowest BCUT2D eigenvalue weighted by Gasteiger charge is -2.28. The van der Waals surface area contributed by atoms with Crippen LogP contribution in [0, 0.1) is 0 Å². The van der Waals surface area contributed by atoms with Crippen LogP contribution in [0.2, 0.25) is 0 Å². The smallest absolute Gasteiger partial charge is 0.165 e. The van der Waals surface area contributed by atoms with Crippen LogP contribution in [-0.4, -0.2) is 29.7 Å². The van der Waals surface area contributed by atoms with Crippen molar-refractivity contribution in [3.8, 4) is 0 Å². The Bertz CT molecular complexity index is 177. The second-order valence-electron chi connectivity index (χ2n) is 4.62. The Hall–Kier alpha value is -0.120. The average molecular weight is 216 g/mol. The van der Waals surface area contributed by atoms with Gasteiger partial charge in [0.15, 0.2) is 5.79 Å². The Morgan fingerprint density at radius 2 is 1.73 bits per heavy atom. The van der Waals surface area contributed by atoms with E-state index in [2.05, 4.69) is 0 Å². The molecule has 15 heavy (non-hydrogen) atoms. The molecule has 0 atom stereocenters. The van der Waals surface area contributed by atoms with Crippen molar-refractivity contribution in [1.82, 2.24) is 0 Å². The predicted octanol–water partition coefficient (Wildman–Crippen LogP) is 2.47. The maximum absolute atomic E-state index is 10.1. The molecule has 0 amide bonds. The summed E-state index contributed by atoms with van der Waals surface area (Å²) < 4.78 is 11.0. The first-order chi connectivity index (χ1) is 7.04.